The molecule has 0 aliphatic heterocycles. The highest BCUT2D eigenvalue weighted by Gasteiger charge is 2.21. The molecule has 5 heteroatoms. The van der Waals surface area contributed by atoms with Gasteiger partial charge in [-0.05, 0) is 12.1 Å². The van der Waals surface area contributed by atoms with E-state index in [9.17, 15) is 4.79 Å². The van der Waals surface area contributed by atoms with Gasteiger partial charge in [-0.2, -0.15) is 0 Å². The van der Waals surface area contributed by atoms with Crippen molar-refractivity contribution in [3.8, 4) is 0 Å². The van der Waals surface area contributed by atoms with Gasteiger partial charge in [0.2, 0.25) is 0 Å². The molecule has 108 valence electrons. The van der Waals surface area contributed by atoms with Crippen molar-refractivity contribution in [3.05, 3.63) is 47.9 Å². The molecular weight excluding hydrogens is 268 g/mol. The van der Waals surface area contributed by atoms with Crippen LogP contribution in [0.3, 0.4) is 0 Å². The molecule has 0 bridgehead atoms. The molecule has 0 unspecified atom stereocenters. The van der Waals surface area contributed by atoms with Crippen LogP contribution in [0.2, 0.25) is 0 Å². The number of para-hydroxylation sites is 1. The summed E-state index contributed by atoms with van der Waals surface area (Å²) in [5.74, 6) is 0.990. The monoisotopic (exact) mass is 284 g/mol. The Bertz CT molecular complexity index is 760. The van der Waals surface area contributed by atoms with Gasteiger partial charge in [0, 0.05) is 16.9 Å². The van der Waals surface area contributed by atoms with Crippen LogP contribution in [0.4, 0.5) is 5.82 Å². The van der Waals surface area contributed by atoms with E-state index in [1.165, 1.54) is 0 Å². The number of hydrogen-bond acceptors (Lipinski definition) is 4. The molecule has 1 aromatic carbocycles. The number of carbonyl (C=O) groups is 1. The fourth-order valence-corrected chi connectivity index (χ4v) is 1.96. The molecule has 0 aliphatic carbocycles. The molecule has 0 saturated carbocycles. The topological polar surface area (TPSA) is 68.3 Å². The number of nitrogens with zero attached hydrogens (tertiary/aromatic N) is 1. The van der Waals surface area contributed by atoms with Gasteiger partial charge in [-0.1, -0.05) is 44.1 Å². The second-order valence-corrected chi connectivity index (χ2v) is 5.93. The summed E-state index contributed by atoms with van der Waals surface area (Å²) in [7, 11) is 0. The van der Waals surface area contributed by atoms with Gasteiger partial charge in [-0.25, -0.2) is 0 Å². The van der Waals surface area contributed by atoms with Gasteiger partial charge in [0.1, 0.15) is 11.3 Å². The molecule has 0 saturated heterocycles. The Kier molecular flexibility index (Phi) is 3.05. The Balaban J connectivity index is 1.81. The normalized spacial score (nSPS) is 11.8. The maximum atomic E-state index is 12.2. The Morgan fingerprint density at radius 1 is 1.19 bits per heavy atom. The predicted molar refractivity (Wildman–Crippen MR) is 79.4 cm³/mol. The van der Waals surface area contributed by atoms with Crippen LogP contribution < -0.4 is 5.32 Å². The summed E-state index contributed by atoms with van der Waals surface area (Å²) in [6.07, 6.45) is 0. The van der Waals surface area contributed by atoms with Crippen LogP contribution in [0, 0.1) is 0 Å². The Morgan fingerprint density at radius 3 is 2.62 bits per heavy atom. The first-order valence-electron chi connectivity index (χ1n) is 6.70. The van der Waals surface area contributed by atoms with E-state index in [4.69, 9.17) is 8.94 Å². The van der Waals surface area contributed by atoms with Crippen LogP contribution in [0.15, 0.2) is 45.3 Å². The second kappa shape index (κ2) is 4.77. The summed E-state index contributed by atoms with van der Waals surface area (Å²) in [6, 6.07) is 10.9. The van der Waals surface area contributed by atoms with Gasteiger partial charge in [-0.3, -0.25) is 4.79 Å². The van der Waals surface area contributed by atoms with Crippen LogP contribution >= 0.6 is 0 Å². The van der Waals surface area contributed by atoms with Gasteiger partial charge >= 0.3 is 0 Å². The predicted octanol–water partition coefficient (Wildman–Crippen LogP) is 3.97. The molecule has 3 rings (SSSR count). The molecule has 0 spiro atoms. The first-order valence-corrected chi connectivity index (χ1v) is 6.70. The van der Waals surface area contributed by atoms with Crippen LogP contribution in [0.1, 0.15) is 37.1 Å². The minimum absolute atomic E-state index is 0.157. The Hall–Kier alpha value is -2.56. The maximum absolute atomic E-state index is 12.2. The van der Waals surface area contributed by atoms with Gasteiger partial charge in [-0.15, -0.1) is 0 Å². The molecule has 2 heterocycles. The number of anilines is 1. The van der Waals surface area contributed by atoms with Crippen LogP contribution in [-0.2, 0) is 5.41 Å². The first kappa shape index (κ1) is 13.4. The number of rotatable bonds is 2. The number of carbonyl (C=O) groups excluding carboxylic acids is 1. The summed E-state index contributed by atoms with van der Waals surface area (Å²) >= 11 is 0. The standard InChI is InChI=1S/C16H16N2O3/c1-16(2,3)13-9-14(18-21-13)17-15(19)12-8-10-6-4-5-7-11(10)20-12/h4-9H,1-3H3,(H,17,18,19). The molecule has 2 aromatic heterocycles. The van der Waals surface area contributed by atoms with Gasteiger partial charge < -0.3 is 14.3 Å². The Labute approximate surface area is 121 Å². The lowest BCUT2D eigenvalue weighted by atomic mass is 9.93. The van der Waals surface area contributed by atoms with Crippen molar-refractivity contribution >= 4 is 22.7 Å². The highest BCUT2D eigenvalue weighted by molar-refractivity contribution is 6.04. The van der Waals surface area contributed by atoms with Crippen molar-refractivity contribution in [2.24, 2.45) is 0 Å². The third kappa shape index (κ3) is 2.67. The number of furan rings is 1. The molecule has 0 aliphatic rings. The van der Waals surface area contributed by atoms with Crippen LogP contribution in [0.5, 0.6) is 0 Å². The van der Waals surface area contributed by atoms with Crippen LogP contribution in [0.25, 0.3) is 11.0 Å². The zero-order valence-electron chi connectivity index (χ0n) is 12.1. The largest absolute Gasteiger partial charge is 0.451 e. The van der Waals surface area contributed by atoms with Gasteiger partial charge in [0.15, 0.2) is 11.6 Å². The van der Waals surface area contributed by atoms with Gasteiger partial charge in [0.25, 0.3) is 5.91 Å². The zero-order chi connectivity index (χ0) is 15.0. The highest BCUT2D eigenvalue weighted by Crippen LogP contribution is 2.25. The molecule has 0 radical (unpaired) electrons. The second-order valence-electron chi connectivity index (χ2n) is 5.93. The average molecular weight is 284 g/mol. The number of nitrogens with one attached hydrogen (secondary N) is 1. The molecule has 0 fully saturated rings. The lowest BCUT2D eigenvalue weighted by Gasteiger charge is -2.11. The summed E-state index contributed by atoms with van der Waals surface area (Å²) in [6.45, 7) is 6.04. The highest BCUT2D eigenvalue weighted by atomic mass is 16.5. The van der Waals surface area contributed by atoms with E-state index >= 15 is 0 Å². The lowest BCUT2D eigenvalue weighted by Crippen LogP contribution is -2.11. The summed E-state index contributed by atoms with van der Waals surface area (Å²) in [5, 5.41) is 7.41. The number of hydrogen-bond donors (Lipinski definition) is 1. The van der Waals surface area contributed by atoms with E-state index in [1.807, 2.05) is 45.0 Å². The molecule has 21 heavy (non-hydrogen) atoms. The molecule has 3 aromatic rings. The molecule has 0 atom stereocenters. The summed E-state index contributed by atoms with van der Waals surface area (Å²) < 4.78 is 10.7. The van der Waals surface area contributed by atoms with Crippen molar-refractivity contribution in [3.63, 3.8) is 0 Å². The van der Waals surface area contributed by atoms with Gasteiger partial charge in [0.05, 0.1) is 0 Å². The van der Waals surface area contributed by atoms with E-state index in [2.05, 4.69) is 10.5 Å². The zero-order valence-corrected chi connectivity index (χ0v) is 12.1. The quantitative estimate of drug-likeness (QED) is 0.773. The fourth-order valence-electron chi connectivity index (χ4n) is 1.96. The number of aromatic nitrogens is 1. The SMILES string of the molecule is CC(C)(C)c1cc(NC(=O)c2cc3ccccc3o2)no1. The van der Waals surface area contributed by atoms with E-state index in [-0.39, 0.29) is 17.1 Å². The molecular formula is C16H16N2O3. The van der Waals surface area contributed by atoms with Crippen molar-refractivity contribution in [1.82, 2.24) is 5.16 Å². The first-order chi connectivity index (χ1) is 9.93. The van der Waals surface area contributed by atoms with Crippen molar-refractivity contribution in [2.45, 2.75) is 26.2 Å². The van der Waals surface area contributed by atoms with Crippen molar-refractivity contribution in [1.29, 1.82) is 0 Å². The van der Waals surface area contributed by atoms with E-state index < -0.39 is 0 Å². The smallest absolute Gasteiger partial charge is 0.292 e. The maximum Gasteiger partial charge on any atom is 0.292 e. The van der Waals surface area contributed by atoms with Crippen molar-refractivity contribution in [2.75, 3.05) is 5.32 Å². The molecule has 5 nitrogen and oxygen atoms in total. The Morgan fingerprint density at radius 2 is 1.95 bits per heavy atom. The lowest BCUT2D eigenvalue weighted by molar-refractivity contribution is 0.0998. The fraction of sp³-hybridized carbons (Fsp3) is 0.250. The third-order valence-corrected chi connectivity index (χ3v) is 3.14. The minimum Gasteiger partial charge on any atom is -0.451 e. The number of benzene rings is 1. The average Bonchev–Trinajstić information content (AvgIpc) is 3.03. The summed E-state index contributed by atoms with van der Waals surface area (Å²) in [5.41, 5.74) is 0.521. The summed E-state index contributed by atoms with van der Waals surface area (Å²) in [4.78, 5) is 12.2. The van der Waals surface area contributed by atoms with Crippen LogP contribution in [-0.4, -0.2) is 11.1 Å². The third-order valence-electron chi connectivity index (χ3n) is 3.14. The van der Waals surface area contributed by atoms with E-state index in [0.717, 1.165) is 5.39 Å². The molecule has 1 N–H and O–H groups in total. The van der Waals surface area contributed by atoms with E-state index in [1.54, 1.807) is 12.1 Å². The minimum atomic E-state index is -0.347. The number of amides is 1. The van der Waals surface area contributed by atoms with Crippen molar-refractivity contribution < 1.29 is 13.7 Å². The van der Waals surface area contributed by atoms with E-state index in [0.29, 0.717) is 17.2 Å². The molecule has 1 amide bonds. The number of fused-ring (bicyclic) bond motifs is 1.